The van der Waals surface area contributed by atoms with Gasteiger partial charge in [-0.05, 0) is 45.1 Å². The third kappa shape index (κ3) is 3.94. The van der Waals surface area contributed by atoms with Gasteiger partial charge in [-0.1, -0.05) is 13.3 Å². The number of nitrogens with one attached hydrogen (secondary N) is 1. The van der Waals surface area contributed by atoms with Gasteiger partial charge in [0.25, 0.3) is 0 Å². The molecule has 2 aliphatic carbocycles. The lowest BCUT2D eigenvalue weighted by atomic mass is 9.85. The second-order valence-corrected chi connectivity index (χ2v) is 6.26. The van der Waals surface area contributed by atoms with Crippen LogP contribution in [0.4, 0.5) is 0 Å². The van der Waals surface area contributed by atoms with Gasteiger partial charge in [-0.25, -0.2) is 0 Å². The van der Waals surface area contributed by atoms with Crippen molar-refractivity contribution >= 4 is 0 Å². The first-order valence-corrected chi connectivity index (χ1v) is 7.26. The van der Waals surface area contributed by atoms with Crippen molar-refractivity contribution in [3.63, 3.8) is 0 Å². The Balaban J connectivity index is 1.80. The first-order chi connectivity index (χ1) is 8.15. The first kappa shape index (κ1) is 13.3. The highest BCUT2D eigenvalue weighted by molar-refractivity contribution is 4.94. The second kappa shape index (κ2) is 5.68. The molecule has 2 fully saturated rings. The van der Waals surface area contributed by atoms with Crippen LogP contribution in [0.25, 0.3) is 0 Å². The van der Waals surface area contributed by atoms with Crippen LogP contribution in [-0.2, 0) is 0 Å². The van der Waals surface area contributed by atoms with Gasteiger partial charge in [-0.15, -0.1) is 0 Å². The summed E-state index contributed by atoms with van der Waals surface area (Å²) in [6.45, 7) is 7.93. The minimum absolute atomic E-state index is 0.110. The van der Waals surface area contributed by atoms with Crippen molar-refractivity contribution in [2.75, 3.05) is 26.2 Å². The van der Waals surface area contributed by atoms with Crippen LogP contribution < -0.4 is 5.32 Å². The topological polar surface area (TPSA) is 35.5 Å². The van der Waals surface area contributed by atoms with E-state index in [2.05, 4.69) is 24.1 Å². The van der Waals surface area contributed by atoms with E-state index in [9.17, 15) is 5.11 Å². The smallest absolute Gasteiger partial charge is 0.0623 e. The van der Waals surface area contributed by atoms with Crippen molar-refractivity contribution in [1.29, 1.82) is 0 Å². The maximum absolute atomic E-state index is 9.62. The lowest BCUT2D eigenvalue weighted by molar-refractivity contribution is 0.0996. The maximum Gasteiger partial charge on any atom is 0.0623 e. The number of nitrogens with zero attached hydrogens (tertiary/aromatic N) is 1. The van der Waals surface area contributed by atoms with Crippen LogP contribution in [0.2, 0.25) is 0 Å². The average molecular weight is 240 g/mol. The Kier molecular flexibility index (Phi) is 4.45. The summed E-state index contributed by atoms with van der Waals surface area (Å²) >= 11 is 0. The zero-order valence-electron chi connectivity index (χ0n) is 11.4. The summed E-state index contributed by atoms with van der Waals surface area (Å²) in [5.41, 5.74) is -0.110. The molecular formula is C14H28N2O. The number of hydrogen-bond acceptors (Lipinski definition) is 3. The maximum atomic E-state index is 9.62. The molecule has 2 saturated carbocycles. The van der Waals surface area contributed by atoms with Crippen LogP contribution in [0.3, 0.4) is 0 Å². The van der Waals surface area contributed by atoms with Crippen molar-refractivity contribution in [3.05, 3.63) is 0 Å². The molecule has 2 N–H and O–H groups in total. The standard InChI is InChI=1S/C14H28N2O/c1-3-16(9-12-5-4-6-12)10-14(2,11-17)15-13-7-8-13/h12-13,15,17H,3-11H2,1-2H3. The number of aliphatic hydroxyl groups is 1. The van der Waals surface area contributed by atoms with Gasteiger partial charge in [0, 0.05) is 19.1 Å². The van der Waals surface area contributed by atoms with E-state index in [4.69, 9.17) is 0 Å². The van der Waals surface area contributed by atoms with Crippen LogP contribution in [0.1, 0.15) is 46.0 Å². The summed E-state index contributed by atoms with van der Waals surface area (Å²) in [6, 6.07) is 0.662. The fraction of sp³-hybridized carbons (Fsp3) is 1.00. The molecule has 0 heterocycles. The molecule has 1 unspecified atom stereocenters. The molecule has 0 aliphatic heterocycles. The van der Waals surface area contributed by atoms with Gasteiger partial charge >= 0.3 is 0 Å². The highest BCUT2D eigenvalue weighted by Gasteiger charge is 2.33. The third-order valence-electron chi connectivity index (χ3n) is 4.24. The van der Waals surface area contributed by atoms with E-state index < -0.39 is 0 Å². The highest BCUT2D eigenvalue weighted by atomic mass is 16.3. The minimum atomic E-state index is -0.110. The van der Waals surface area contributed by atoms with E-state index in [1.807, 2.05) is 0 Å². The average Bonchev–Trinajstić information content (AvgIpc) is 3.05. The highest BCUT2D eigenvalue weighted by Crippen LogP contribution is 2.28. The van der Waals surface area contributed by atoms with E-state index in [1.54, 1.807) is 0 Å². The third-order valence-corrected chi connectivity index (χ3v) is 4.24. The summed E-state index contributed by atoms with van der Waals surface area (Å²) in [6.07, 6.45) is 6.79. The number of aliphatic hydroxyl groups excluding tert-OH is 1. The SMILES string of the molecule is CCN(CC1CCC1)CC(C)(CO)NC1CC1. The Morgan fingerprint density at radius 3 is 2.41 bits per heavy atom. The lowest BCUT2D eigenvalue weighted by Crippen LogP contribution is -2.55. The van der Waals surface area contributed by atoms with Gasteiger partial charge in [0.05, 0.1) is 12.1 Å². The predicted octanol–water partition coefficient (Wildman–Crippen LogP) is 1.61. The van der Waals surface area contributed by atoms with Crippen LogP contribution in [0.15, 0.2) is 0 Å². The molecule has 0 radical (unpaired) electrons. The molecule has 0 aromatic carbocycles. The quantitative estimate of drug-likeness (QED) is 0.676. The largest absolute Gasteiger partial charge is 0.394 e. The summed E-state index contributed by atoms with van der Waals surface area (Å²) in [5, 5.41) is 13.2. The molecule has 0 aromatic heterocycles. The van der Waals surface area contributed by atoms with E-state index in [-0.39, 0.29) is 12.1 Å². The Bertz CT molecular complexity index is 238. The van der Waals surface area contributed by atoms with Crippen molar-refractivity contribution in [3.8, 4) is 0 Å². The summed E-state index contributed by atoms with van der Waals surface area (Å²) in [4.78, 5) is 2.51. The molecule has 0 bridgehead atoms. The van der Waals surface area contributed by atoms with Gasteiger partial charge < -0.3 is 15.3 Å². The van der Waals surface area contributed by atoms with Gasteiger partial charge in [-0.2, -0.15) is 0 Å². The fourth-order valence-electron chi connectivity index (χ4n) is 2.70. The van der Waals surface area contributed by atoms with Gasteiger partial charge in [0.1, 0.15) is 0 Å². The summed E-state index contributed by atoms with van der Waals surface area (Å²) in [5.74, 6) is 0.916. The van der Waals surface area contributed by atoms with Gasteiger partial charge in [0.2, 0.25) is 0 Å². The van der Waals surface area contributed by atoms with E-state index in [0.29, 0.717) is 6.04 Å². The molecule has 1 atom stereocenters. The van der Waals surface area contributed by atoms with Crippen LogP contribution >= 0.6 is 0 Å². The van der Waals surface area contributed by atoms with E-state index in [0.717, 1.165) is 19.0 Å². The number of likely N-dealkylation sites (N-methyl/N-ethyl adjacent to an activating group) is 1. The first-order valence-electron chi connectivity index (χ1n) is 7.26. The molecule has 2 rings (SSSR count). The van der Waals surface area contributed by atoms with Crippen LogP contribution in [0, 0.1) is 5.92 Å². The zero-order valence-corrected chi connectivity index (χ0v) is 11.4. The Hall–Kier alpha value is -0.120. The molecule has 0 saturated heterocycles. The molecule has 3 heteroatoms. The second-order valence-electron chi connectivity index (χ2n) is 6.26. The summed E-state index contributed by atoms with van der Waals surface area (Å²) < 4.78 is 0. The lowest BCUT2D eigenvalue weighted by Gasteiger charge is -2.38. The normalized spacial score (nSPS) is 24.7. The van der Waals surface area contributed by atoms with E-state index >= 15 is 0 Å². The number of rotatable bonds is 8. The summed E-state index contributed by atoms with van der Waals surface area (Å²) in [7, 11) is 0. The van der Waals surface area contributed by atoms with E-state index in [1.165, 1.54) is 38.6 Å². The molecule has 0 amide bonds. The molecule has 100 valence electrons. The van der Waals surface area contributed by atoms with Crippen LogP contribution in [-0.4, -0.2) is 47.8 Å². The fourth-order valence-corrected chi connectivity index (χ4v) is 2.70. The van der Waals surface area contributed by atoms with Crippen molar-refractivity contribution in [2.24, 2.45) is 5.92 Å². The Morgan fingerprint density at radius 1 is 1.29 bits per heavy atom. The van der Waals surface area contributed by atoms with Crippen molar-refractivity contribution in [2.45, 2.75) is 57.5 Å². The monoisotopic (exact) mass is 240 g/mol. The van der Waals surface area contributed by atoms with Gasteiger partial charge in [0.15, 0.2) is 0 Å². The molecular weight excluding hydrogens is 212 g/mol. The number of hydrogen-bond donors (Lipinski definition) is 2. The Labute approximate surface area is 106 Å². The predicted molar refractivity (Wildman–Crippen MR) is 71.1 cm³/mol. The van der Waals surface area contributed by atoms with Crippen molar-refractivity contribution in [1.82, 2.24) is 10.2 Å². The molecule has 0 spiro atoms. The molecule has 3 nitrogen and oxygen atoms in total. The molecule has 0 aromatic rings. The molecule has 17 heavy (non-hydrogen) atoms. The Morgan fingerprint density at radius 2 is 2.00 bits per heavy atom. The molecule has 2 aliphatic rings. The van der Waals surface area contributed by atoms with Crippen molar-refractivity contribution < 1.29 is 5.11 Å². The van der Waals surface area contributed by atoms with Gasteiger partial charge in [-0.3, -0.25) is 0 Å². The zero-order chi connectivity index (χ0) is 12.3. The minimum Gasteiger partial charge on any atom is -0.394 e. The van der Waals surface area contributed by atoms with Crippen LogP contribution in [0.5, 0.6) is 0 Å².